The van der Waals surface area contributed by atoms with E-state index in [9.17, 15) is 0 Å². The minimum atomic E-state index is 0.980. The van der Waals surface area contributed by atoms with Crippen LogP contribution in [0.4, 0.5) is 17.1 Å². The van der Waals surface area contributed by atoms with Crippen LogP contribution in [0.15, 0.2) is 268 Å². The van der Waals surface area contributed by atoms with Crippen LogP contribution in [0.25, 0.3) is 5.57 Å². The molecule has 0 radical (unpaired) electrons. The largest absolute Gasteiger partial charge is 0.314 e. The van der Waals surface area contributed by atoms with Crippen molar-refractivity contribution in [3.05, 3.63) is 274 Å². The molecule has 2 heteroatoms. The number of allylic oxidation sites excluding steroid dienone is 30. The van der Waals surface area contributed by atoms with Crippen LogP contribution in [0.1, 0.15) is 122 Å². The van der Waals surface area contributed by atoms with E-state index in [1.54, 1.807) is 0 Å². The van der Waals surface area contributed by atoms with Crippen molar-refractivity contribution in [1.29, 1.82) is 0 Å². The Morgan fingerprint density at radius 1 is 0.529 bits per heavy atom. The molecule has 2 nitrogen and oxygen atoms in total. The Hall–Kier alpha value is -6.90. The summed E-state index contributed by atoms with van der Waals surface area (Å²) in [4.78, 5) is 4.87. The van der Waals surface area contributed by atoms with Gasteiger partial charge in [-0.2, -0.15) is 0 Å². The summed E-state index contributed by atoms with van der Waals surface area (Å²) in [6, 6.07) is 30.8. The lowest BCUT2D eigenvalue weighted by atomic mass is 9.81. The molecule has 0 aliphatic heterocycles. The van der Waals surface area contributed by atoms with E-state index in [2.05, 4.69) is 218 Å². The summed E-state index contributed by atoms with van der Waals surface area (Å²) in [6.07, 6.45) is 59.5. The van der Waals surface area contributed by atoms with E-state index in [4.69, 9.17) is 0 Å². The van der Waals surface area contributed by atoms with Crippen molar-refractivity contribution in [2.45, 2.75) is 117 Å². The van der Waals surface area contributed by atoms with Gasteiger partial charge in [-0.1, -0.05) is 166 Å². The minimum absolute atomic E-state index is 0.980. The molecule has 3 aromatic rings. The highest BCUT2D eigenvalue weighted by molar-refractivity contribution is 5.77. The van der Waals surface area contributed by atoms with Crippen molar-refractivity contribution in [3.8, 4) is 0 Å². The highest BCUT2D eigenvalue weighted by atomic mass is 15.2. The molecule has 6 aliphatic rings. The average molecular weight is 917 g/mol. The van der Waals surface area contributed by atoms with E-state index >= 15 is 0 Å². The monoisotopic (exact) mass is 917 g/mol. The van der Waals surface area contributed by atoms with Crippen LogP contribution in [0, 0.1) is 0 Å². The van der Waals surface area contributed by atoms with Crippen molar-refractivity contribution in [2.24, 2.45) is 0 Å². The van der Waals surface area contributed by atoms with Crippen LogP contribution in [-0.2, 0) is 0 Å². The maximum absolute atomic E-state index is 4.09. The van der Waals surface area contributed by atoms with Gasteiger partial charge in [-0.3, -0.25) is 0 Å². The van der Waals surface area contributed by atoms with E-state index in [0.29, 0.717) is 0 Å². The van der Waals surface area contributed by atoms with Gasteiger partial charge in [-0.25, -0.2) is 0 Å². The number of hydrogen-bond acceptors (Lipinski definition) is 2. The van der Waals surface area contributed by atoms with Gasteiger partial charge in [0.25, 0.3) is 0 Å². The van der Waals surface area contributed by atoms with Gasteiger partial charge in [0.2, 0.25) is 0 Å². The van der Waals surface area contributed by atoms with Crippen LogP contribution >= 0.6 is 0 Å². The van der Waals surface area contributed by atoms with Crippen molar-refractivity contribution < 1.29 is 0 Å². The minimum Gasteiger partial charge on any atom is -0.314 e. The second-order valence-electron chi connectivity index (χ2n) is 19.3. The normalized spacial score (nSPS) is 18.7. The van der Waals surface area contributed by atoms with Crippen molar-refractivity contribution in [3.63, 3.8) is 0 Å². The third-order valence-corrected chi connectivity index (χ3v) is 14.8. The van der Waals surface area contributed by atoms with Crippen LogP contribution in [0.3, 0.4) is 0 Å². The van der Waals surface area contributed by atoms with E-state index in [1.165, 1.54) is 96.2 Å². The number of nitrogens with zero attached hydrogens (tertiary/aromatic N) is 2. The third-order valence-electron chi connectivity index (χ3n) is 14.8. The Morgan fingerprint density at radius 3 is 1.46 bits per heavy atom. The highest BCUT2D eigenvalue weighted by Gasteiger charge is 2.23. The maximum atomic E-state index is 4.09. The molecule has 0 aromatic heterocycles. The molecular formula is C68H72N2. The Kier molecular flexibility index (Phi) is 16.6. The van der Waals surface area contributed by atoms with Gasteiger partial charge in [0.05, 0.1) is 0 Å². The molecule has 6 aliphatic carbocycles. The molecular weight excluding hydrogens is 845 g/mol. The molecule has 0 spiro atoms. The quantitative estimate of drug-likeness (QED) is 0.0927. The smallest absolute Gasteiger partial charge is 0.0458 e. The third kappa shape index (κ3) is 11.9. The average Bonchev–Trinajstić information content (AvgIpc) is 3.43. The summed E-state index contributed by atoms with van der Waals surface area (Å²) in [6.45, 7) is 8.61. The Balaban J connectivity index is 0.850. The van der Waals surface area contributed by atoms with Gasteiger partial charge < -0.3 is 9.80 Å². The fourth-order valence-corrected chi connectivity index (χ4v) is 10.8. The van der Waals surface area contributed by atoms with Crippen LogP contribution in [-0.4, -0.2) is 0 Å². The molecule has 0 atom stereocenters. The predicted molar refractivity (Wildman–Crippen MR) is 303 cm³/mol. The molecule has 0 N–H and O–H groups in total. The molecule has 3 aromatic carbocycles. The molecule has 0 heterocycles. The SMILES string of the molecule is C=C/C=C(\C=C/C/C(=C/CCC)CC)N(C1=CC=C(C2=CC=C(C3=CC=C(C4=CC=C(C5=CC=C(N(c6ccccc6)c6ccc(C7=CCCC=C7)cc6)CC5)CC4)CC3)CC2)CC1)c1ccccc1. The van der Waals surface area contributed by atoms with Crippen LogP contribution < -0.4 is 9.80 Å². The van der Waals surface area contributed by atoms with Gasteiger partial charge in [-0.15, -0.1) is 0 Å². The first kappa shape index (κ1) is 48.1. The van der Waals surface area contributed by atoms with E-state index in [0.717, 1.165) is 102 Å². The first-order valence-electron chi connectivity index (χ1n) is 26.4. The number of anilines is 3. The Bertz CT molecular complexity index is 2860. The van der Waals surface area contributed by atoms with E-state index in [1.807, 2.05) is 6.08 Å². The first-order chi connectivity index (χ1) is 34.6. The van der Waals surface area contributed by atoms with Gasteiger partial charge in [0, 0.05) is 34.2 Å². The lowest BCUT2D eigenvalue weighted by Crippen LogP contribution is -2.22. The lowest BCUT2D eigenvalue weighted by molar-refractivity contribution is 0.809. The number of para-hydroxylation sites is 2. The molecule has 354 valence electrons. The number of hydrogen-bond donors (Lipinski definition) is 0. The topological polar surface area (TPSA) is 6.48 Å². The molecule has 0 fully saturated rings. The zero-order valence-corrected chi connectivity index (χ0v) is 41.9. The first-order valence-corrected chi connectivity index (χ1v) is 26.4. The molecule has 0 bridgehead atoms. The van der Waals surface area contributed by atoms with Crippen molar-refractivity contribution >= 4 is 22.6 Å². The van der Waals surface area contributed by atoms with Crippen molar-refractivity contribution in [2.75, 3.05) is 9.80 Å². The van der Waals surface area contributed by atoms with Crippen molar-refractivity contribution in [1.82, 2.24) is 0 Å². The summed E-state index contributed by atoms with van der Waals surface area (Å²) in [5, 5.41) is 0. The standard InChI is InChI=1S/C68H72N2/c1-4-7-19-52(6-3)20-17-27-63(18-5-2)69(64-23-13-9-14-24-64)66-48-42-61(43-49-66)58-36-32-56(33-37-58)54-28-30-55(31-29-54)57-34-38-59(39-35-57)62-44-50-68(51-45-62)70(65-25-15-10-16-26-65)67-46-40-60(41-47-67)53-21-11-8-12-22-53/h5,9-11,13-19,21-28,30,32,34,36,38,40-42,44,46-48,50H,2,4,6-8,12,20,29,31,33,35,37,39,43,45,49,51H2,1,3H3/b27-17-,52-19+,63-18+. The fraction of sp³-hybridized carbons (Fsp3) is 0.265. The highest BCUT2D eigenvalue weighted by Crippen LogP contribution is 2.41. The summed E-state index contributed by atoms with van der Waals surface area (Å²) in [5.41, 5.74) is 23.5. The zero-order valence-electron chi connectivity index (χ0n) is 41.9. The second-order valence-corrected chi connectivity index (χ2v) is 19.3. The van der Waals surface area contributed by atoms with Gasteiger partial charge in [-0.05, 0) is 213 Å². The molecule has 70 heavy (non-hydrogen) atoms. The number of rotatable bonds is 18. The fourth-order valence-electron chi connectivity index (χ4n) is 10.8. The zero-order chi connectivity index (χ0) is 47.9. The van der Waals surface area contributed by atoms with E-state index in [-0.39, 0.29) is 0 Å². The Labute approximate surface area is 420 Å². The lowest BCUT2D eigenvalue weighted by Gasteiger charge is -2.31. The molecule has 0 saturated heterocycles. The molecule has 9 rings (SSSR count). The van der Waals surface area contributed by atoms with Gasteiger partial charge in [0.1, 0.15) is 0 Å². The molecule has 0 saturated carbocycles. The summed E-state index contributed by atoms with van der Waals surface area (Å²) < 4.78 is 0. The molecule has 0 unspecified atom stereocenters. The molecule has 0 amide bonds. The summed E-state index contributed by atoms with van der Waals surface area (Å²) >= 11 is 0. The number of benzene rings is 3. The Morgan fingerprint density at radius 2 is 1.01 bits per heavy atom. The van der Waals surface area contributed by atoms with Crippen LogP contribution in [0.5, 0.6) is 0 Å². The predicted octanol–water partition coefficient (Wildman–Crippen LogP) is 19.4. The van der Waals surface area contributed by atoms with Gasteiger partial charge in [0.15, 0.2) is 0 Å². The van der Waals surface area contributed by atoms with E-state index < -0.39 is 0 Å². The number of unbranched alkanes of at least 4 members (excludes halogenated alkanes) is 1. The maximum Gasteiger partial charge on any atom is 0.0458 e. The van der Waals surface area contributed by atoms with Gasteiger partial charge >= 0.3 is 0 Å². The van der Waals surface area contributed by atoms with Crippen LogP contribution in [0.2, 0.25) is 0 Å². The second kappa shape index (κ2) is 24.1. The summed E-state index contributed by atoms with van der Waals surface area (Å²) in [5.74, 6) is 0. The summed E-state index contributed by atoms with van der Waals surface area (Å²) in [7, 11) is 0.